The van der Waals surface area contributed by atoms with Crippen molar-refractivity contribution in [1.29, 1.82) is 0 Å². The lowest BCUT2D eigenvalue weighted by Crippen LogP contribution is -2.34. The van der Waals surface area contributed by atoms with E-state index < -0.39 is 0 Å². The first kappa shape index (κ1) is 13.0. The summed E-state index contributed by atoms with van der Waals surface area (Å²) in [6.45, 7) is 11.9. The number of rotatable bonds is 6. The highest BCUT2D eigenvalue weighted by Crippen LogP contribution is 2.10. The summed E-state index contributed by atoms with van der Waals surface area (Å²) in [4.78, 5) is 0. The third-order valence-corrected chi connectivity index (χ3v) is 2.01. The van der Waals surface area contributed by atoms with Gasteiger partial charge in [0.25, 0.3) is 0 Å². The molecule has 0 aliphatic carbocycles. The van der Waals surface area contributed by atoms with Crippen molar-refractivity contribution in [3.05, 3.63) is 36.3 Å². The second-order valence-corrected chi connectivity index (χ2v) is 4.83. The highest BCUT2D eigenvalue weighted by molar-refractivity contribution is 5.12. The van der Waals surface area contributed by atoms with Gasteiger partial charge in [0.1, 0.15) is 12.4 Å². The maximum absolute atomic E-state index is 5.38. The number of hydrogen-bond donors (Lipinski definition) is 1. The van der Waals surface area contributed by atoms with Crippen LogP contribution >= 0.6 is 0 Å². The van der Waals surface area contributed by atoms with Crippen LogP contribution in [0, 0.1) is 0 Å². The Balaban J connectivity index is 2.36. The van der Waals surface area contributed by atoms with Gasteiger partial charge in [-0.05, 0) is 26.8 Å². The van der Waals surface area contributed by atoms with Crippen molar-refractivity contribution in [3.63, 3.8) is 0 Å². The van der Waals surface area contributed by atoms with Gasteiger partial charge in [-0.25, -0.2) is 0 Å². The predicted molar refractivity (Wildman–Crippen MR) is 65.2 cm³/mol. The Morgan fingerprint density at radius 2 is 2.25 bits per heavy atom. The van der Waals surface area contributed by atoms with Gasteiger partial charge in [0.2, 0.25) is 0 Å². The summed E-state index contributed by atoms with van der Waals surface area (Å²) in [6, 6.07) is 2.02. The molecule has 0 aromatic carbocycles. The third kappa shape index (κ3) is 5.14. The van der Waals surface area contributed by atoms with Gasteiger partial charge in [0, 0.05) is 17.6 Å². The predicted octanol–water partition coefficient (Wildman–Crippen LogP) is 2.87. The van der Waals surface area contributed by atoms with E-state index in [1.165, 1.54) is 0 Å². The molecular formula is C13H21NO2. The van der Waals surface area contributed by atoms with Gasteiger partial charge in [0.05, 0.1) is 12.9 Å². The van der Waals surface area contributed by atoms with Crippen molar-refractivity contribution in [1.82, 2.24) is 5.32 Å². The molecule has 1 aromatic rings. The van der Waals surface area contributed by atoms with Gasteiger partial charge in [-0.3, -0.25) is 0 Å². The molecule has 0 amide bonds. The lowest BCUT2D eigenvalue weighted by atomic mass is 10.1. The number of hydrogen-bond acceptors (Lipinski definition) is 3. The minimum atomic E-state index is 0.122. The summed E-state index contributed by atoms with van der Waals surface area (Å²) in [5, 5.41) is 3.40. The number of nitrogens with one attached hydrogen (secondary N) is 1. The van der Waals surface area contributed by atoms with Gasteiger partial charge in [-0.2, -0.15) is 0 Å². The molecule has 0 saturated heterocycles. The molecule has 3 nitrogen and oxygen atoms in total. The maximum atomic E-state index is 5.38. The smallest absolute Gasteiger partial charge is 0.129 e. The molecule has 16 heavy (non-hydrogen) atoms. The first-order valence-electron chi connectivity index (χ1n) is 5.51. The van der Waals surface area contributed by atoms with Gasteiger partial charge in [0.15, 0.2) is 0 Å². The summed E-state index contributed by atoms with van der Waals surface area (Å²) in [6.07, 6.45) is 3.50. The van der Waals surface area contributed by atoms with Crippen LogP contribution in [0.4, 0.5) is 0 Å². The molecule has 1 N–H and O–H groups in total. The molecule has 90 valence electrons. The van der Waals surface area contributed by atoms with Crippen molar-refractivity contribution < 1.29 is 9.15 Å². The fourth-order valence-electron chi connectivity index (χ4n) is 1.20. The SMILES string of the molecule is C=CCOCc1cc(CNC(C)(C)C)co1. The molecule has 0 aliphatic heterocycles. The fourth-order valence-corrected chi connectivity index (χ4v) is 1.20. The van der Waals surface area contributed by atoms with Crippen LogP contribution in [0.3, 0.4) is 0 Å². The Hall–Kier alpha value is -1.06. The molecule has 0 aliphatic rings. The highest BCUT2D eigenvalue weighted by atomic mass is 16.5. The molecule has 0 atom stereocenters. The Morgan fingerprint density at radius 3 is 2.88 bits per heavy atom. The van der Waals surface area contributed by atoms with Gasteiger partial charge in [-0.1, -0.05) is 6.08 Å². The summed E-state index contributed by atoms with van der Waals surface area (Å²) < 4.78 is 10.7. The molecule has 3 heteroatoms. The van der Waals surface area contributed by atoms with Crippen molar-refractivity contribution in [2.45, 2.75) is 39.5 Å². The second-order valence-electron chi connectivity index (χ2n) is 4.83. The Kier molecular flexibility index (Phi) is 4.77. The zero-order valence-corrected chi connectivity index (χ0v) is 10.4. The number of furan rings is 1. The molecular weight excluding hydrogens is 202 g/mol. The van der Waals surface area contributed by atoms with Gasteiger partial charge >= 0.3 is 0 Å². The van der Waals surface area contributed by atoms with Crippen LogP contribution in [0.1, 0.15) is 32.1 Å². The van der Waals surface area contributed by atoms with Gasteiger partial charge < -0.3 is 14.5 Å². The molecule has 1 heterocycles. The molecule has 0 saturated carbocycles. The Bertz CT molecular complexity index is 323. The molecule has 0 spiro atoms. The quantitative estimate of drug-likeness (QED) is 0.595. The third-order valence-electron chi connectivity index (χ3n) is 2.01. The van der Waals surface area contributed by atoms with E-state index in [-0.39, 0.29) is 5.54 Å². The Labute approximate surface area is 97.5 Å². The van der Waals surface area contributed by atoms with Crippen molar-refractivity contribution in [2.24, 2.45) is 0 Å². The van der Waals surface area contributed by atoms with E-state index in [9.17, 15) is 0 Å². The van der Waals surface area contributed by atoms with Crippen LogP contribution < -0.4 is 5.32 Å². The fraction of sp³-hybridized carbons (Fsp3) is 0.538. The summed E-state index contributed by atoms with van der Waals surface area (Å²) in [5.74, 6) is 0.854. The van der Waals surface area contributed by atoms with Crippen LogP contribution in [0.25, 0.3) is 0 Å². The van der Waals surface area contributed by atoms with Crippen LogP contribution in [-0.4, -0.2) is 12.1 Å². The lowest BCUT2D eigenvalue weighted by molar-refractivity contribution is 0.132. The van der Waals surface area contributed by atoms with Crippen LogP contribution in [0.5, 0.6) is 0 Å². The first-order valence-corrected chi connectivity index (χ1v) is 5.51. The second kappa shape index (κ2) is 5.87. The van der Waals surface area contributed by atoms with Crippen LogP contribution in [0.2, 0.25) is 0 Å². The van der Waals surface area contributed by atoms with Gasteiger partial charge in [-0.15, -0.1) is 6.58 Å². The van der Waals surface area contributed by atoms with Crippen LogP contribution in [-0.2, 0) is 17.9 Å². The van der Waals surface area contributed by atoms with Crippen LogP contribution in [0.15, 0.2) is 29.4 Å². The summed E-state index contributed by atoms with van der Waals surface area (Å²) in [5.41, 5.74) is 1.27. The minimum Gasteiger partial charge on any atom is -0.467 e. The molecule has 0 radical (unpaired) electrons. The first-order chi connectivity index (χ1) is 7.51. The number of ether oxygens (including phenoxy) is 1. The van der Waals surface area contributed by atoms with Crippen molar-refractivity contribution in [3.8, 4) is 0 Å². The molecule has 0 unspecified atom stereocenters. The summed E-state index contributed by atoms with van der Waals surface area (Å²) >= 11 is 0. The highest BCUT2D eigenvalue weighted by Gasteiger charge is 2.09. The average molecular weight is 223 g/mol. The standard InChI is InChI=1S/C13H21NO2/c1-5-6-15-10-12-7-11(9-16-12)8-14-13(2,3)4/h5,7,9,14H,1,6,8,10H2,2-4H3. The molecule has 0 fully saturated rings. The molecule has 1 aromatic heterocycles. The average Bonchev–Trinajstić information content (AvgIpc) is 2.62. The Morgan fingerprint density at radius 1 is 1.50 bits per heavy atom. The maximum Gasteiger partial charge on any atom is 0.129 e. The summed E-state index contributed by atoms with van der Waals surface area (Å²) in [7, 11) is 0. The monoisotopic (exact) mass is 223 g/mol. The van der Waals surface area contributed by atoms with Crippen molar-refractivity contribution >= 4 is 0 Å². The van der Waals surface area contributed by atoms with E-state index >= 15 is 0 Å². The van der Waals surface area contributed by atoms with E-state index in [0.717, 1.165) is 17.9 Å². The van der Waals surface area contributed by atoms with E-state index in [2.05, 4.69) is 32.7 Å². The topological polar surface area (TPSA) is 34.4 Å². The molecule has 0 bridgehead atoms. The molecule has 1 rings (SSSR count). The zero-order chi connectivity index (χ0) is 12.0. The minimum absolute atomic E-state index is 0.122. The largest absolute Gasteiger partial charge is 0.467 e. The lowest BCUT2D eigenvalue weighted by Gasteiger charge is -2.19. The van der Waals surface area contributed by atoms with E-state index in [0.29, 0.717) is 13.2 Å². The van der Waals surface area contributed by atoms with E-state index in [1.807, 2.05) is 6.07 Å². The van der Waals surface area contributed by atoms with E-state index in [1.54, 1.807) is 12.3 Å². The normalized spacial score (nSPS) is 11.7. The zero-order valence-electron chi connectivity index (χ0n) is 10.4. The van der Waals surface area contributed by atoms with E-state index in [4.69, 9.17) is 9.15 Å². The van der Waals surface area contributed by atoms with Crippen molar-refractivity contribution in [2.75, 3.05) is 6.61 Å².